The highest BCUT2D eigenvalue weighted by Gasteiger charge is 2.12. The van der Waals surface area contributed by atoms with Gasteiger partial charge in [-0.25, -0.2) is 13.8 Å². The second-order valence-electron chi connectivity index (χ2n) is 4.80. The van der Waals surface area contributed by atoms with Gasteiger partial charge in [0, 0.05) is 19.1 Å². The number of nitrogens with zero attached hydrogens (tertiary/aromatic N) is 1. The Morgan fingerprint density at radius 1 is 1.35 bits per heavy atom. The molecule has 1 aromatic heterocycles. The Balaban J connectivity index is 2.04. The summed E-state index contributed by atoms with van der Waals surface area (Å²) in [6, 6.07) is 5.42. The highest BCUT2D eigenvalue weighted by Crippen LogP contribution is 2.27. The van der Waals surface area contributed by atoms with Crippen LogP contribution in [-0.4, -0.2) is 22.2 Å². The Kier molecular flexibility index (Phi) is 5.13. The first-order valence-corrected chi connectivity index (χ1v) is 6.76. The maximum atomic E-state index is 13.5. The summed E-state index contributed by atoms with van der Waals surface area (Å²) < 4.78 is 36.8. The van der Waals surface area contributed by atoms with E-state index in [2.05, 4.69) is 0 Å². The van der Waals surface area contributed by atoms with Gasteiger partial charge in [0.05, 0.1) is 6.04 Å². The van der Waals surface area contributed by atoms with Gasteiger partial charge in [-0.3, -0.25) is 10.0 Å². The van der Waals surface area contributed by atoms with Crippen LogP contribution in [0, 0.1) is 11.6 Å². The van der Waals surface area contributed by atoms with Gasteiger partial charge in [0.2, 0.25) is 5.91 Å². The molecule has 0 fully saturated rings. The fourth-order valence-electron chi connectivity index (χ4n) is 1.75. The summed E-state index contributed by atoms with van der Waals surface area (Å²) >= 11 is 0. The number of hydrogen-bond acceptors (Lipinski definition) is 4. The lowest BCUT2D eigenvalue weighted by atomic mass is 10.2. The highest BCUT2D eigenvalue weighted by molar-refractivity contribution is 5.72. The van der Waals surface area contributed by atoms with E-state index in [9.17, 15) is 18.8 Å². The molecule has 0 radical (unpaired) electrons. The predicted octanol–water partition coefficient (Wildman–Crippen LogP) is 3.99. The van der Waals surface area contributed by atoms with Gasteiger partial charge >= 0.3 is 0 Å². The van der Waals surface area contributed by atoms with E-state index in [4.69, 9.17) is 9.15 Å². The molecule has 1 unspecified atom stereocenters. The number of hydrogen-bond donors (Lipinski definition) is 1. The van der Waals surface area contributed by atoms with Crippen molar-refractivity contribution in [2.75, 3.05) is 0 Å². The fourth-order valence-corrected chi connectivity index (χ4v) is 1.75. The lowest BCUT2D eigenvalue weighted by Crippen LogP contribution is -2.32. The second kappa shape index (κ2) is 7.06. The number of carbonyl (C=O) groups excluding carboxylic acids is 1. The van der Waals surface area contributed by atoms with Crippen molar-refractivity contribution in [2.45, 2.75) is 19.9 Å². The van der Waals surface area contributed by atoms with Crippen LogP contribution in [0.4, 0.5) is 8.78 Å². The summed E-state index contributed by atoms with van der Waals surface area (Å²) in [4.78, 5) is 11.0. The third-order valence-corrected chi connectivity index (χ3v) is 2.95. The van der Waals surface area contributed by atoms with Crippen LogP contribution < -0.4 is 4.74 Å². The summed E-state index contributed by atoms with van der Waals surface area (Å²) in [5.41, 5.74) is 0. The molecule has 5 nitrogen and oxygen atoms in total. The zero-order valence-electron chi connectivity index (χ0n) is 12.5. The van der Waals surface area contributed by atoms with Crippen molar-refractivity contribution in [3.8, 4) is 11.7 Å². The molecular formula is C16H15F2NO4. The third kappa shape index (κ3) is 4.40. The average molecular weight is 323 g/mol. The first kappa shape index (κ1) is 16.7. The van der Waals surface area contributed by atoms with Gasteiger partial charge in [-0.05, 0) is 31.2 Å². The molecule has 2 rings (SSSR count). The van der Waals surface area contributed by atoms with E-state index in [1.807, 2.05) is 0 Å². The van der Waals surface area contributed by atoms with Gasteiger partial charge in [-0.15, -0.1) is 0 Å². The van der Waals surface area contributed by atoms with E-state index >= 15 is 0 Å². The minimum atomic E-state index is -0.843. The van der Waals surface area contributed by atoms with Crippen LogP contribution in [0.5, 0.6) is 11.7 Å². The van der Waals surface area contributed by atoms with E-state index in [1.165, 1.54) is 19.1 Å². The number of hydroxylamine groups is 2. The van der Waals surface area contributed by atoms with E-state index in [-0.39, 0.29) is 11.7 Å². The quantitative estimate of drug-likeness (QED) is 0.667. The van der Waals surface area contributed by atoms with Gasteiger partial charge in [0.25, 0.3) is 5.95 Å². The molecule has 1 heterocycles. The van der Waals surface area contributed by atoms with Crippen molar-refractivity contribution in [1.82, 2.24) is 5.06 Å². The Labute approximate surface area is 131 Å². The Morgan fingerprint density at radius 3 is 2.74 bits per heavy atom. The van der Waals surface area contributed by atoms with Crippen molar-refractivity contribution in [3.05, 3.63) is 53.8 Å². The molecule has 0 spiro atoms. The maximum Gasteiger partial charge on any atom is 0.290 e. The molecule has 0 aliphatic heterocycles. The monoisotopic (exact) mass is 323 g/mol. The summed E-state index contributed by atoms with van der Waals surface area (Å²) in [6.07, 6.45) is 3.08. The molecule has 1 N–H and O–H groups in total. The largest absolute Gasteiger partial charge is 0.426 e. The van der Waals surface area contributed by atoms with Gasteiger partial charge in [-0.2, -0.15) is 0 Å². The molecule has 1 atom stereocenters. The van der Waals surface area contributed by atoms with Gasteiger partial charge in [0.1, 0.15) is 11.6 Å². The number of ether oxygens (including phenoxy) is 1. The number of furan rings is 1. The molecule has 7 heteroatoms. The molecule has 2 aromatic rings. The molecule has 1 aromatic carbocycles. The van der Waals surface area contributed by atoms with Gasteiger partial charge in [-0.1, -0.05) is 6.08 Å². The molecule has 0 aliphatic carbocycles. The van der Waals surface area contributed by atoms with Crippen molar-refractivity contribution >= 4 is 12.0 Å². The van der Waals surface area contributed by atoms with Crippen molar-refractivity contribution in [2.24, 2.45) is 0 Å². The third-order valence-electron chi connectivity index (χ3n) is 2.95. The fraction of sp³-hybridized carbons (Fsp3) is 0.188. The van der Waals surface area contributed by atoms with Crippen LogP contribution in [0.2, 0.25) is 0 Å². The summed E-state index contributed by atoms with van der Waals surface area (Å²) in [7, 11) is 0. The molecule has 0 saturated heterocycles. The number of carbonyl (C=O) groups is 1. The first-order valence-electron chi connectivity index (χ1n) is 6.76. The summed E-state index contributed by atoms with van der Waals surface area (Å²) in [5.74, 6) is -1.79. The molecular weight excluding hydrogens is 308 g/mol. The Morgan fingerprint density at radius 2 is 2.09 bits per heavy atom. The number of rotatable bonds is 5. The second-order valence-corrected chi connectivity index (χ2v) is 4.80. The molecule has 0 bridgehead atoms. The lowest BCUT2D eigenvalue weighted by Gasteiger charge is -2.17. The van der Waals surface area contributed by atoms with Gasteiger partial charge in [0.15, 0.2) is 11.6 Å². The van der Waals surface area contributed by atoms with Crippen LogP contribution in [0.3, 0.4) is 0 Å². The van der Waals surface area contributed by atoms with E-state index in [0.29, 0.717) is 16.9 Å². The van der Waals surface area contributed by atoms with Crippen LogP contribution in [0.25, 0.3) is 6.08 Å². The zero-order chi connectivity index (χ0) is 17.0. The standard InChI is InChI=1S/C16H15F2NO4/c1-10(19(21)11(2)20)3-5-13-6-8-16(22-13)23-15-7-4-12(17)9-14(15)18/h3-10,21H,1-2H3. The van der Waals surface area contributed by atoms with Gasteiger partial charge < -0.3 is 9.15 Å². The normalized spacial score (nSPS) is 12.4. The van der Waals surface area contributed by atoms with Crippen molar-refractivity contribution < 1.29 is 27.9 Å². The first-order chi connectivity index (χ1) is 10.9. The van der Waals surface area contributed by atoms with Crippen LogP contribution >= 0.6 is 0 Å². The lowest BCUT2D eigenvalue weighted by molar-refractivity contribution is -0.167. The molecule has 122 valence electrons. The molecule has 0 aliphatic rings. The predicted molar refractivity (Wildman–Crippen MR) is 77.9 cm³/mol. The Hall–Kier alpha value is -2.67. The van der Waals surface area contributed by atoms with E-state index in [0.717, 1.165) is 12.1 Å². The SMILES string of the molecule is CC(=O)N(O)C(C)C=Cc1ccc(Oc2ccc(F)cc2F)o1. The van der Waals surface area contributed by atoms with E-state index in [1.54, 1.807) is 19.1 Å². The average Bonchev–Trinajstić information content (AvgIpc) is 2.94. The van der Waals surface area contributed by atoms with Crippen LogP contribution in [0.1, 0.15) is 19.6 Å². The summed E-state index contributed by atoms with van der Waals surface area (Å²) in [6.45, 7) is 2.85. The van der Waals surface area contributed by atoms with Crippen molar-refractivity contribution in [3.63, 3.8) is 0 Å². The Bertz CT molecular complexity index is 727. The number of benzene rings is 1. The number of halogens is 2. The zero-order valence-corrected chi connectivity index (χ0v) is 12.5. The van der Waals surface area contributed by atoms with Crippen LogP contribution in [0.15, 0.2) is 40.8 Å². The topological polar surface area (TPSA) is 62.9 Å². The van der Waals surface area contributed by atoms with E-state index < -0.39 is 23.6 Å². The van der Waals surface area contributed by atoms with Crippen LogP contribution in [-0.2, 0) is 4.79 Å². The smallest absolute Gasteiger partial charge is 0.290 e. The minimum Gasteiger partial charge on any atom is -0.426 e. The minimum absolute atomic E-state index is 0.0234. The highest BCUT2D eigenvalue weighted by atomic mass is 19.1. The molecule has 23 heavy (non-hydrogen) atoms. The van der Waals surface area contributed by atoms with Crippen molar-refractivity contribution in [1.29, 1.82) is 0 Å². The number of amides is 1. The maximum absolute atomic E-state index is 13.5. The molecule has 1 amide bonds. The molecule has 0 saturated carbocycles. The summed E-state index contributed by atoms with van der Waals surface area (Å²) in [5, 5.41) is 10.0.